The topological polar surface area (TPSA) is 93.9 Å². The van der Waals surface area contributed by atoms with Crippen LogP contribution in [0.1, 0.15) is 32.6 Å². The van der Waals surface area contributed by atoms with Gasteiger partial charge in [-0.25, -0.2) is 0 Å². The lowest BCUT2D eigenvalue weighted by Crippen LogP contribution is -2.43. The van der Waals surface area contributed by atoms with Crippen molar-refractivity contribution in [2.24, 2.45) is 11.7 Å². The van der Waals surface area contributed by atoms with E-state index in [1.165, 1.54) is 0 Å². The fourth-order valence-electron chi connectivity index (χ4n) is 3.14. The molecule has 2 amide bonds. The number of ether oxygens (including phenoxy) is 2. The Labute approximate surface area is 154 Å². The molecule has 144 valence electrons. The molecule has 0 radical (unpaired) electrons. The number of amides is 2. The maximum absolute atomic E-state index is 12.6. The summed E-state index contributed by atoms with van der Waals surface area (Å²) >= 11 is 0. The van der Waals surface area contributed by atoms with E-state index in [-0.39, 0.29) is 30.2 Å². The maximum Gasteiger partial charge on any atom is 0.227 e. The summed E-state index contributed by atoms with van der Waals surface area (Å²) < 4.78 is 10.6. The summed E-state index contributed by atoms with van der Waals surface area (Å²) in [7, 11) is 3.12. The van der Waals surface area contributed by atoms with Crippen molar-refractivity contribution in [3.63, 3.8) is 0 Å². The third-order valence-electron chi connectivity index (χ3n) is 4.71. The van der Waals surface area contributed by atoms with Crippen LogP contribution in [0, 0.1) is 5.92 Å². The van der Waals surface area contributed by atoms with E-state index in [0.29, 0.717) is 30.3 Å². The molecule has 1 aliphatic rings. The highest BCUT2D eigenvalue weighted by Gasteiger charge is 2.36. The predicted molar refractivity (Wildman–Crippen MR) is 101 cm³/mol. The van der Waals surface area contributed by atoms with Crippen molar-refractivity contribution in [1.29, 1.82) is 0 Å². The number of rotatable bonds is 9. The second kappa shape index (κ2) is 9.43. The predicted octanol–water partition coefficient (Wildman–Crippen LogP) is 1.69. The van der Waals surface area contributed by atoms with Gasteiger partial charge in [0, 0.05) is 31.6 Å². The lowest BCUT2D eigenvalue weighted by atomic mass is 10.1. The number of nitrogens with one attached hydrogen (secondary N) is 1. The zero-order chi connectivity index (χ0) is 19.1. The average Bonchev–Trinajstić information content (AvgIpc) is 3.05. The first-order valence-electron chi connectivity index (χ1n) is 9.06. The minimum absolute atomic E-state index is 0.0397. The molecule has 1 aromatic rings. The second-order valence-corrected chi connectivity index (χ2v) is 6.53. The fraction of sp³-hybridized carbons (Fsp3) is 0.579. The Morgan fingerprint density at radius 3 is 2.77 bits per heavy atom. The van der Waals surface area contributed by atoms with E-state index in [1.807, 2.05) is 0 Å². The van der Waals surface area contributed by atoms with Crippen molar-refractivity contribution in [2.45, 2.75) is 38.6 Å². The van der Waals surface area contributed by atoms with Gasteiger partial charge in [0.05, 0.1) is 25.8 Å². The van der Waals surface area contributed by atoms with Gasteiger partial charge < -0.3 is 25.4 Å². The largest absolute Gasteiger partial charge is 0.497 e. The first-order chi connectivity index (χ1) is 12.5. The number of benzene rings is 1. The highest BCUT2D eigenvalue weighted by atomic mass is 16.5. The highest BCUT2D eigenvalue weighted by Crippen LogP contribution is 2.35. The smallest absolute Gasteiger partial charge is 0.227 e. The molecule has 1 aromatic carbocycles. The van der Waals surface area contributed by atoms with Gasteiger partial charge in [-0.15, -0.1) is 0 Å². The van der Waals surface area contributed by atoms with E-state index in [0.717, 1.165) is 19.3 Å². The summed E-state index contributed by atoms with van der Waals surface area (Å²) in [5.41, 5.74) is 6.40. The Kier molecular flexibility index (Phi) is 7.26. The number of nitrogens with two attached hydrogens (primary N) is 1. The molecule has 1 saturated heterocycles. The second-order valence-electron chi connectivity index (χ2n) is 6.53. The number of nitrogens with zero attached hydrogens (tertiary/aromatic N) is 1. The summed E-state index contributed by atoms with van der Waals surface area (Å²) in [5.74, 6) is 0.603. The van der Waals surface area contributed by atoms with E-state index in [9.17, 15) is 9.59 Å². The van der Waals surface area contributed by atoms with Crippen LogP contribution >= 0.6 is 0 Å². The van der Waals surface area contributed by atoms with Gasteiger partial charge in [0.15, 0.2) is 0 Å². The van der Waals surface area contributed by atoms with Crippen LogP contribution in [-0.2, 0) is 9.59 Å². The number of hydrogen-bond acceptors (Lipinski definition) is 5. The SMILES string of the molecule is CCCCC(CN)NC(=O)C1CC(=O)N(c2ccc(OC)cc2OC)C1. The standard InChI is InChI=1S/C19H29N3O4/c1-4-5-6-14(11-20)21-19(24)13-9-18(23)22(12-13)16-8-7-15(25-2)10-17(16)26-3/h7-8,10,13-14H,4-6,9,11-12,20H2,1-3H3,(H,21,24). The number of hydrogen-bond donors (Lipinski definition) is 2. The summed E-state index contributed by atoms with van der Waals surface area (Å²) in [6, 6.07) is 5.24. The number of anilines is 1. The Balaban J connectivity index is 2.07. The van der Waals surface area contributed by atoms with Crippen molar-refractivity contribution in [3.05, 3.63) is 18.2 Å². The van der Waals surface area contributed by atoms with Crippen LogP contribution in [0.3, 0.4) is 0 Å². The van der Waals surface area contributed by atoms with E-state index in [2.05, 4.69) is 12.2 Å². The Bertz CT molecular complexity index is 635. The van der Waals surface area contributed by atoms with Gasteiger partial charge in [-0.3, -0.25) is 9.59 Å². The van der Waals surface area contributed by atoms with Gasteiger partial charge in [-0.1, -0.05) is 19.8 Å². The van der Waals surface area contributed by atoms with Crippen LogP contribution in [0.5, 0.6) is 11.5 Å². The monoisotopic (exact) mass is 363 g/mol. The molecule has 2 unspecified atom stereocenters. The summed E-state index contributed by atoms with van der Waals surface area (Å²) in [6.45, 7) is 2.84. The van der Waals surface area contributed by atoms with Crippen LogP contribution in [0.25, 0.3) is 0 Å². The van der Waals surface area contributed by atoms with Crippen LogP contribution in [0.2, 0.25) is 0 Å². The van der Waals surface area contributed by atoms with Crippen molar-refractivity contribution in [2.75, 3.05) is 32.2 Å². The molecule has 26 heavy (non-hydrogen) atoms. The molecule has 1 heterocycles. The molecule has 0 aliphatic carbocycles. The van der Waals surface area contributed by atoms with E-state index in [4.69, 9.17) is 15.2 Å². The Hall–Kier alpha value is -2.28. The van der Waals surface area contributed by atoms with Crippen molar-refractivity contribution < 1.29 is 19.1 Å². The number of methoxy groups -OCH3 is 2. The molecule has 0 spiro atoms. The highest BCUT2D eigenvalue weighted by molar-refractivity contribution is 6.01. The normalized spacial score (nSPS) is 17.9. The Morgan fingerprint density at radius 1 is 1.38 bits per heavy atom. The van der Waals surface area contributed by atoms with Gasteiger partial charge in [0.1, 0.15) is 11.5 Å². The quantitative estimate of drug-likeness (QED) is 0.696. The lowest BCUT2D eigenvalue weighted by molar-refractivity contribution is -0.126. The average molecular weight is 363 g/mol. The van der Waals surface area contributed by atoms with Crippen molar-refractivity contribution in [3.8, 4) is 11.5 Å². The molecule has 0 bridgehead atoms. The van der Waals surface area contributed by atoms with Crippen molar-refractivity contribution >= 4 is 17.5 Å². The summed E-state index contributed by atoms with van der Waals surface area (Å²) in [5, 5.41) is 2.99. The molecule has 0 aromatic heterocycles. The maximum atomic E-state index is 12.6. The molecular formula is C19H29N3O4. The first-order valence-corrected chi connectivity index (χ1v) is 9.06. The third-order valence-corrected chi connectivity index (χ3v) is 4.71. The number of unbranched alkanes of at least 4 members (excludes halogenated alkanes) is 1. The number of carbonyl (C=O) groups excluding carboxylic acids is 2. The molecule has 1 fully saturated rings. The number of carbonyl (C=O) groups is 2. The molecule has 7 heteroatoms. The van der Waals surface area contributed by atoms with Crippen LogP contribution in [0.15, 0.2) is 18.2 Å². The minimum atomic E-state index is -0.384. The molecule has 2 atom stereocenters. The van der Waals surface area contributed by atoms with E-state index >= 15 is 0 Å². The summed E-state index contributed by atoms with van der Waals surface area (Å²) in [6.07, 6.45) is 3.11. The van der Waals surface area contributed by atoms with Gasteiger partial charge >= 0.3 is 0 Å². The molecule has 0 saturated carbocycles. The molecule has 7 nitrogen and oxygen atoms in total. The van der Waals surface area contributed by atoms with Crippen LogP contribution in [0.4, 0.5) is 5.69 Å². The van der Waals surface area contributed by atoms with E-state index in [1.54, 1.807) is 37.3 Å². The van der Waals surface area contributed by atoms with Crippen molar-refractivity contribution in [1.82, 2.24) is 5.32 Å². The van der Waals surface area contributed by atoms with Crippen LogP contribution < -0.4 is 25.4 Å². The van der Waals surface area contributed by atoms with Gasteiger partial charge in [-0.2, -0.15) is 0 Å². The first kappa shape index (κ1) is 20.0. The third kappa shape index (κ3) is 4.66. The molecule has 2 rings (SSSR count). The summed E-state index contributed by atoms with van der Waals surface area (Å²) in [4.78, 5) is 26.6. The van der Waals surface area contributed by atoms with Gasteiger partial charge in [-0.05, 0) is 18.6 Å². The zero-order valence-corrected chi connectivity index (χ0v) is 15.8. The zero-order valence-electron chi connectivity index (χ0n) is 15.8. The molecular weight excluding hydrogens is 334 g/mol. The molecule has 1 aliphatic heterocycles. The van der Waals surface area contributed by atoms with Gasteiger partial charge in [0.2, 0.25) is 11.8 Å². The van der Waals surface area contributed by atoms with Gasteiger partial charge in [0.25, 0.3) is 0 Å². The minimum Gasteiger partial charge on any atom is -0.497 e. The lowest BCUT2D eigenvalue weighted by Gasteiger charge is -2.21. The fourth-order valence-corrected chi connectivity index (χ4v) is 3.14. The van der Waals surface area contributed by atoms with Crippen LogP contribution in [-0.4, -0.2) is 45.2 Å². The Morgan fingerprint density at radius 2 is 2.15 bits per heavy atom. The molecule has 3 N–H and O–H groups in total. The van der Waals surface area contributed by atoms with E-state index < -0.39 is 0 Å².